The van der Waals surface area contributed by atoms with Gasteiger partial charge in [-0.3, -0.25) is 18.7 Å². The number of rotatable bonds is 8. The number of carbonyl (C=O) groups excluding carboxylic acids is 2. The molecule has 13 nitrogen and oxygen atoms in total. The minimum atomic E-state index is -3.57. The molecule has 1 fully saturated rings. The molecule has 3 heterocycles. The van der Waals surface area contributed by atoms with Crippen molar-refractivity contribution in [2.75, 3.05) is 43.2 Å². The van der Waals surface area contributed by atoms with E-state index >= 15 is 0 Å². The number of fused-ring (bicyclic) bond motifs is 1. The summed E-state index contributed by atoms with van der Waals surface area (Å²) in [5, 5.41) is 2.49. The first kappa shape index (κ1) is 34.3. The molecular weight excluding hydrogens is 677 g/mol. The Bertz CT molecular complexity index is 2090. The van der Waals surface area contributed by atoms with E-state index in [1.807, 2.05) is 0 Å². The van der Waals surface area contributed by atoms with Crippen molar-refractivity contribution >= 4 is 48.9 Å². The zero-order valence-corrected chi connectivity index (χ0v) is 28.0. The Kier molecular flexibility index (Phi) is 9.67. The number of piperidine rings is 1. The van der Waals surface area contributed by atoms with E-state index in [1.54, 1.807) is 17.0 Å². The van der Waals surface area contributed by atoms with Gasteiger partial charge in [0, 0.05) is 62.2 Å². The quantitative estimate of drug-likeness (QED) is 0.371. The van der Waals surface area contributed by atoms with Gasteiger partial charge in [-0.05, 0) is 49.1 Å². The summed E-state index contributed by atoms with van der Waals surface area (Å²) >= 11 is 6.13. The van der Waals surface area contributed by atoms with Crippen molar-refractivity contribution < 1.29 is 30.8 Å². The standard InChI is InChI=1S/C30H33ClFN5O8S2/c1-46(42,43)15-14-37-28(39)23(22-4-3-5-24(32)27(22)31)17-35(30(37)41)18-26(38)34-11-9-20(10-12-34)36-13-8-19-16-21(47(2,44)45)6-7-25(19)33-29(36)40/h3-7,16-17,20H,8-15,18H2,1-2H3,(H,33,40). The van der Waals surface area contributed by atoms with E-state index in [9.17, 15) is 40.4 Å². The summed E-state index contributed by atoms with van der Waals surface area (Å²) in [4.78, 5) is 56.5. The van der Waals surface area contributed by atoms with Gasteiger partial charge in [0.25, 0.3) is 5.56 Å². The van der Waals surface area contributed by atoms with Crippen molar-refractivity contribution in [2.45, 2.75) is 43.3 Å². The molecule has 5 rings (SSSR count). The third-order valence-corrected chi connectivity index (χ3v) is 10.8. The van der Waals surface area contributed by atoms with E-state index in [0.717, 1.165) is 29.3 Å². The van der Waals surface area contributed by atoms with Crippen LogP contribution in [0.15, 0.2) is 57.1 Å². The van der Waals surface area contributed by atoms with Crippen LogP contribution in [0.3, 0.4) is 0 Å². The summed E-state index contributed by atoms with van der Waals surface area (Å²) < 4.78 is 63.6. The molecule has 252 valence electrons. The van der Waals surface area contributed by atoms with Crippen molar-refractivity contribution in [3.8, 4) is 11.1 Å². The Morgan fingerprint density at radius 1 is 1.00 bits per heavy atom. The lowest BCUT2D eigenvalue weighted by Gasteiger charge is -2.38. The number of nitrogens with one attached hydrogen (secondary N) is 1. The third kappa shape index (κ3) is 7.60. The maximum atomic E-state index is 14.3. The number of likely N-dealkylation sites (tertiary alicyclic amines) is 1. The summed E-state index contributed by atoms with van der Waals surface area (Å²) in [5.74, 6) is -1.77. The second-order valence-corrected chi connectivity index (χ2v) is 16.4. The van der Waals surface area contributed by atoms with Crippen molar-refractivity contribution in [1.29, 1.82) is 0 Å². The van der Waals surface area contributed by atoms with Crippen LogP contribution in [0.2, 0.25) is 5.02 Å². The van der Waals surface area contributed by atoms with Crippen LogP contribution >= 0.6 is 11.6 Å². The van der Waals surface area contributed by atoms with Crippen LogP contribution in [0.25, 0.3) is 11.1 Å². The third-order valence-electron chi connectivity index (χ3n) is 8.36. The summed E-state index contributed by atoms with van der Waals surface area (Å²) in [6, 6.07) is 7.87. The lowest BCUT2D eigenvalue weighted by molar-refractivity contribution is -0.133. The van der Waals surface area contributed by atoms with Crippen molar-refractivity contribution in [2.24, 2.45) is 0 Å². The monoisotopic (exact) mass is 709 g/mol. The van der Waals surface area contributed by atoms with Gasteiger partial charge in [0.15, 0.2) is 9.84 Å². The second-order valence-electron chi connectivity index (χ2n) is 11.7. The van der Waals surface area contributed by atoms with Gasteiger partial charge in [0.05, 0.1) is 21.2 Å². The number of aromatic nitrogens is 2. The number of amides is 3. The van der Waals surface area contributed by atoms with Gasteiger partial charge < -0.3 is 15.1 Å². The number of nitrogens with zero attached hydrogens (tertiary/aromatic N) is 4. The predicted octanol–water partition coefficient (Wildman–Crippen LogP) is 2.00. The highest BCUT2D eigenvalue weighted by Gasteiger charge is 2.32. The molecule has 0 bridgehead atoms. The molecule has 3 amide bonds. The molecule has 0 saturated carbocycles. The van der Waals surface area contributed by atoms with E-state index in [4.69, 9.17) is 11.6 Å². The summed E-state index contributed by atoms with van der Waals surface area (Å²) in [6.45, 7) is -0.0769. The van der Waals surface area contributed by atoms with Gasteiger partial charge in [-0.1, -0.05) is 23.7 Å². The fourth-order valence-electron chi connectivity index (χ4n) is 5.80. The molecule has 2 aromatic carbocycles. The molecule has 3 aromatic rings. The molecule has 47 heavy (non-hydrogen) atoms. The zero-order valence-electron chi connectivity index (χ0n) is 25.6. The van der Waals surface area contributed by atoms with E-state index in [-0.39, 0.29) is 46.2 Å². The maximum absolute atomic E-state index is 14.3. The van der Waals surface area contributed by atoms with Gasteiger partial charge in [-0.2, -0.15) is 0 Å². The fraction of sp³-hybridized carbons (Fsp3) is 0.400. The summed E-state index contributed by atoms with van der Waals surface area (Å²) in [7, 11) is -6.99. The molecule has 1 aromatic heterocycles. The highest BCUT2D eigenvalue weighted by atomic mass is 35.5. The summed E-state index contributed by atoms with van der Waals surface area (Å²) in [6.07, 6.45) is 4.53. The van der Waals surface area contributed by atoms with Crippen LogP contribution in [0.4, 0.5) is 14.9 Å². The van der Waals surface area contributed by atoms with Gasteiger partial charge in [-0.15, -0.1) is 0 Å². The Balaban J connectivity index is 1.32. The van der Waals surface area contributed by atoms with Crippen molar-refractivity contribution in [3.63, 3.8) is 0 Å². The Hall–Kier alpha value is -4.02. The average Bonchev–Trinajstić information content (AvgIpc) is 3.16. The predicted molar refractivity (Wildman–Crippen MR) is 174 cm³/mol. The van der Waals surface area contributed by atoms with Crippen molar-refractivity contribution in [3.05, 3.63) is 79.8 Å². The SMILES string of the molecule is CS(=O)(=O)CCn1c(=O)c(-c2cccc(F)c2Cl)cn(CC(=O)N2CCC(N3CCc4cc(S(C)(=O)=O)ccc4NC3=O)CC2)c1=O. The van der Waals surface area contributed by atoms with E-state index in [1.165, 1.54) is 23.1 Å². The van der Waals surface area contributed by atoms with E-state index in [2.05, 4.69) is 5.32 Å². The Morgan fingerprint density at radius 3 is 2.36 bits per heavy atom. The minimum absolute atomic E-state index is 0.0165. The Labute approximate surface area is 275 Å². The van der Waals surface area contributed by atoms with Gasteiger partial charge in [0.2, 0.25) is 5.91 Å². The number of benzene rings is 2. The first-order valence-corrected chi connectivity index (χ1v) is 19.0. The molecule has 0 unspecified atom stereocenters. The highest BCUT2D eigenvalue weighted by Crippen LogP contribution is 2.29. The van der Waals surface area contributed by atoms with Crippen LogP contribution in [-0.2, 0) is 44.0 Å². The first-order chi connectivity index (χ1) is 22.0. The normalized spacial score (nSPS) is 16.0. The smallest absolute Gasteiger partial charge is 0.331 e. The van der Waals surface area contributed by atoms with E-state index in [0.29, 0.717) is 41.6 Å². The largest absolute Gasteiger partial charge is 0.341 e. The molecule has 17 heteroatoms. The average molecular weight is 710 g/mol. The molecule has 0 spiro atoms. The number of halogens is 2. The zero-order chi connectivity index (χ0) is 34.3. The molecular formula is C30H33ClFN5O8S2. The minimum Gasteiger partial charge on any atom is -0.341 e. The molecule has 2 aliphatic rings. The van der Waals surface area contributed by atoms with Crippen LogP contribution < -0.4 is 16.6 Å². The van der Waals surface area contributed by atoms with Gasteiger partial charge in [-0.25, -0.2) is 30.8 Å². The number of anilines is 1. The van der Waals surface area contributed by atoms with Crippen LogP contribution in [0.5, 0.6) is 0 Å². The van der Waals surface area contributed by atoms with Crippen LogP contribution in [-0.4, -0.2) is 91.6 Å². The first-order valence-electron chi connectivity index (χ1n) is 14.7. The lowest BCUT2D eigenvalue weighted by Crippen LogP contribution is -2.51. The van der Waals surface area contributed by atoms with E-state index < -0.39 is 61.5 Å². The van der Waals surface area contributed by atoms with Crippen LogP contribution in [0, 0.1) is 5.82 Å². The molecule has 0 aliphatic carbocycles. The number of urea groups is 1. The topological polar surface area (TPSA) is 165 Å². The number of carbonyl (C=O) groups is 2. The van der Waals surface area contributed by atoms with Crippen molar-refractivity contribution in [1.82, 2.24) is 18.9 Å². The van der Waals surface area contributed by atoms with Gasteiger partial charge in [0.1, 0.15) is 22.2 Å². The second kappa shape index (κ2) is 13.2. The van der Waals surface area contributed by atoms with Crippen LogP contribution in [0.1, 0.15) is 18.4 Å². The molecule has 0 radical (unpaired) electrons. The highest BCUT2D eigenvalue weighted by molar-refractivity contribution is 7.91. The molecule has 0 atom stereocenters. The lowest BCUT2D eigenvalue weighted by atomic mass is 10.0. The fourth-order valence-corrected chi connectivity index (χ4v) is 7.21. The maximum Gasteiger partial charge on any atom is 0.331 e. The summed E-state index contributed by atoms with van der Waals surface area (Å²) in [5.41, 5.74) is -0.722. The van der Waals surface area contributed by atoms with Gasteiger partial charge >= 0.3 is 11.7 Å². The number of hydrogen-bond acceptors (Lipinski definition) is 8. The number of hydrogen-bond donors (Lipinski definition) is 1. The Morgan fingerprint density at radius 2 is 1.70 bits per heavy atom. The molecule has 1 saturated heterocycles. The molecule has 2 aliphatic heterocycles. The number of sulfone groups is 2. The molecule has 1 N–H and O–H groups in total.